The van der Waals surface area contributed by atoms with Crippen LogP contribution in [0.3, 0.4) is 0 Å². The second-order valence-electron chi connectivity index (χ2n) is 7.59. The Bertz CT molecular complexity index is 1390. The second-order valence-corrected chi connectivity index (χ2v) is 7.59. The van der Waals surface area contributed by atoms with Crippen molar-refractivity contribution in [1.82, 2.24) is 15.2 Å². The minimum Gasteiger partial charge on any atom is -0.435 e. The van der Waals surface area contributed by atoms with Gasteiger partial charge in [-0.25, -0.2) is 10.1 Å². The van der Waals surface area contributed by atoms with Crippen LogP contribution in [-0.2, 0) is 0 Å². The highest BCUT2D eigenvalue weighted by atomic mass is 19.3. The van der Waals surface area contributed by atoms with E-state index in [0.717, 1.165) is 17.8 Å². The van der Waals surface area contributed by atoms with Crippen LogP contribution >= 0.6 is 0 Å². The summed E-state index contributed by atoms with van der Waals surface area (Å²) in [5, 5.41) is 8.58. The van der Waals surface area contributed by atoms with E-state index in [-0.39, 0.29) is 22.6 Å². The van der Waals surface area contributed by atoms with E-state index in [1.165, 1.54) is 13.0 Å². The number of benzene rings is 3. The molecule has 1 heterocycles. The van der Waals surface area contributed by atoms with Gasteiger partial charge in [-0.2, -0.15) is 27.8 Å². The van der Waals surface area contributed by atoms with E-state index in [4.69, 9.17) is 0 Å². The number of carbonyl (C=O) groups is 1. The van der Waals surface area contributed by atoms with Crippen LogP contribution < -0.4 is 14.9 Å². The highest BCUT2D eigenvalue weighted by molar-refractivity contribution is 6.04. The monoisotopic (exact) mass is 512 g/mol. The smallest absolute Gasteiger partial charge is 0.387 e. The van der Waals surface area contributed by atoms with Crippen molar-refractivity contribution in [3.8, 4) is 28.4 Å². The van der Waals surface area contributed by atoms with Gasteiger partial charge < -0.3 is 9.47 Å². The largest absolute Gasteiger partial charge is 0.435 e. The van der Waals surface area contributed by atoms with Crippen molar-refractivity contribution >= 4 is 11.6 Å². The standard InChI is InChI=1S/C26H20F4N4O3/c1-16(20-13-12-19(36-25(27)28)14-22(20)37-26(29)30)31-32-24(35)21-15-34(18-10-6-3-7-11-18)33-23(21)17-8-4-2-5-9-17/h2-15,25-26H,1H3,(H,32,35). The van der Waals surface area contributed by atoms with Crippen molar-refractivity contribution in [2.24, 2.45) is 5.10 Å². The van der Waals surface area contributed by atoms with Gasteiger partial charge in [0.05, 0.1) is 17.0 Å². The number of nitrogens with one attached hydrogen (secondary N) is 1. The number of nitrogens with zero attached hydrogens (tertiary/aromatic N) is 3. The normalized spacial score (nSPS) is 11.6. The van der Waals surface area contributed by atoms with Gasteiger partial charge in [-0.15, -0.1) is 0 Å². The molecule has 0 fully saturated rings. The van der Waals surface area contributed by atoms with E-state index < -0.39 is 24.9 Å². The van der Waals surface area contributed by atoms with Crippen LogP contribution in [-0.4, -0.2) is 34.6 Å². The molecule has 1 amide bonds. The van der Waals surface area contributed by atoms with Gasteiger partial charge in [0.2, 0.25) is 0 Å². The Labute approximate surface area is 209 Å². The van der Waals surface area contributed by atoms with E-state index in [0.29, 0.717) is 11.3 Å². The van der Waals surface area contributed by atoms with Crippen LogP contribution in [0.2, 0.25) is 0 Å². The van der Waals surface area contributed by atoms with Crippen molar-refractivity contribution in [2.75, 3.05) is 0 Å². The van der Waals surface area contributed by atoms with E-state index in [1.807, 2.05) is 48.5 Å². The highest BCUT2D eigenvalue weighted by Crippen LogP contribution is 2.28. The summed E-state index contributed by atoms with van der Waals surface area (Å²) in [4.78, 5) is 13.1. The fourth-order valence-corrected chi connectivity index (χ4v) is 3.49. The van der Waals surface area contributed by atoms with E-state index >= 15 is 0 Å². The van der Waals surface area contributed by atoms with Crippen molar-refractivity contribution in [3.05, 3.63) is 96.2 Å². The van der Waals surface area contributed by atoms with Crippen molar-refractivity contribution in [3.63, 3.8) is 0 Å². The predicted octanol–water partition coefficient (Wildman–Crippen LogP) is 5.90. The van der Waals surface area contributed by atoms with Gasteiger partial charge in [-0.3, -0.25) is 4.79 Å². The minimum absolute atomic E-state index is 0.0467. The maximum Gasteiger partial charge on any atom is 0.387 e. The Morgan fingerprint density at radius 2 is 1.54 bits per heavy atom. The third-order valence-electron chi connectivity index (χ3n) is 5.14. The lowest BCUT2D eigenvalue weighted by Gasteiger charge is -2.13. The molecule has 7 nitrogen and oxygen atoms in total. The number of alkyl halides is 4. The van der Waals surface area contributed by atoms with Crippen LogP contribution in [0.4, 0.5) is 17.6 Å². The number of hydrogen-bond donors (Lipinski definition) is 1. The number of hydrazone groups is 1. The van der Waals surface area contributed by atoms with Crippen molar-refractivity contribution in [1.29, 1.82) is 0 Å². The lowest BCUT2D eigenvalue weighted by Crippen LogP contribution is -2.20. The van der Waals surface area contributed by atoms with Crippen LogP contribution in [0.1, 0.15) is 22.8 Å². The molecule has 0 aliphatic heterocycles. The van der Waals surface area contributed by atoms with Gasteiger partial charge in [-0.1, -0.05) is 48.5 Å². The molecule has 3 aromatic carbocycles. The van der Waals surface area contributed by atoms with Gasteiger partial charge in [0.15, 0.2) is 0 Å². The molecule has 0 saturated heterocycles. The molecule has 190 valence electrons. The first-order valence-corrected chi connectivity index (χ1v) is 10.9. The number of ether oxygens (including phenoxy) is 2. The van der Waals surface area contributed by atoms with Gasteiger partial charge in [0.1, 0.15) is 17.2 Å². The Balaban J connectivity index is 1.64. The first-order valence-electron chi connectivity index (χ1n) is 10.9. The molecule has 0 radical (unpaired) electrons. The Hall–Kier alpha value is -4.67. The van der Waals surface area contributed by atoms with Gasteiger partial charge in [0.25, 0.3) is 5.91 Å². The Morgan fingerprint density at radius 3 is 2.19 bits per heavy atom. The minimum atomic E-state index is -3.22. The van der Waals surface area contributed by atoms with Crippen LogP contribution in [0, 0.1) is 0 Å². The molecule has 0 unspecified atom stereocenters. The third-order valence-corrected chi connectivity index (χ3v) is 5.14. The summed E-state index contributed by atoms with van der Waals surface area (Å²) in [7, 11) is 0. The predicted molar refractivity (Wildman–Crippen MR) is 128 cm³/mol. The maximum absolute atomic E-state index is 13.1. The average Bonchev–Trinajstić information content (AvgIpc) is 3.33. The summed E-state index contributed by atoms with van der Waals surface area (Å²) in [5.41, 5.74) is 4.60. The van der Waals surface area contributed by atoms with Gasteiger partial charge in [0, 0.05) is 23.4 Å². The molecular weight excluding hydrogens is 492 g/mol. The van der Waals surface area contributed by atoms with Crippen LogP contribution in [0.5, 0.6) is 11.5 Å². The zero-order valence-electron chi connectivity index (χ0n) is 19.3. The first-order chi connectivity index (χ1) is 17.8. The number of para-hydroxylation sites is 1. The van der Waals surface area contributed by atoms with E-state index in [9.17, 15) is 22.4 Å². The summed E-state index contributed by atoms with van der Waals surface area (Å²) in [6.07, 6.45) is 1.56. The molecule has 1 N–H and O–H groups in total. The van der Waals surface area contributed by atoms with Crippen molar-refractivity contribution < 1.29 is 31.8 Å². The molecule has 0 spiro atoms. The number of hydrogen-bond acceptors (Lipinski definition) is 5. The lowest BCUT2D eigenvalue weighted by atomic mass is 10.1. The summed E-state index contributed by atoms with van der Waals surface area (Å²) in [6, 6.07) is 21.5. The zero-order valence-corrected chi connectivity index (χ0v) is 19.3. The fourth-order valence-electron chi connectivity index (χ4n) is 3.49. The molecule has 0 atom stereocenters. The summed E-state index contributed by atoms with van der Waals surface area (Å²) in [5.74, 6) is -1.41. The topological polar surface area (TPSA) is 77.7 Å². The Kier molecular flexibility index (Phi) is 7.82. The molecule has 0 bridgehead atoms. The zero-order chi connectivity index (χ0) is 26.4. The molecule has 37 heavy (non-hydrogen) atoms. The molecule has 1 aromatic heterocycles. The number of aromatic nitrogens is 2. The maximum atomic E-state index is 13.1. The SMILES string of the molecule is CC(=NNC(=O)c1cn(-c2ccccc2)nc1-c1ccccc1)c1ccc(OC(F)F)cc1OC(F)F. The van der Waals surface area contributed by atoms with Crippen molar-refractivity contribution in [2.45, 2.75) is 20.1 Å². The number of rotatable bonds is 9. The first kappa shape index (κ1) is 25.4. The molecule has 11 heteroatoms. The molecule has 0 saturated carbocycles. The third kappa shape index (κ3) is 6.31. The van der Waals surface area contributed by atoms with E-state index in [2.05, 4.69) is 25.1 Å². The molecular formula is C26H20F4N4O3. The lowest BCUT2D eigenvalue weighted by molar-refractivity contribution is -0.0543. The summed E-state index contributed by atoms with van der Waals surface area (Å²) in [6.45, 7) is -4.93. The van der Waals surface area contributed by atoms with Crippen LogP contribution in [0.25, 0.3) is 16.9 Å². The fraction of sp³-hybridized carbons (Fsp3) is 0.115. The Morgan fingerprint density at radius 1 is 0.892 bits per heavy atom. The van der Waals surface area contributed by atoms with Crippen LogP contribution in [0.15, 0.2) is 90.2 Å². The average molecular weight is 512 g/mol. The molecule has 0 aliphatic carbocycles. The summed E-state index contributed by atoms with van der Waals surface area (Å²) >= 11 is 0. The molecule has 4 aromatic rings. The van der Waals surface area contributed by atoms with Gasteiger partial charge >= 0.3 is 13.2 Å². The number of carbonyl (C=O) groups excluding carboxylic acids is 1. The quantitative estimate of drug-likeness (QED) is 0.172. The molecule has 0 aliphatic rings. The number of halogens is 4. The molecule has 4 rings (SSSR count). The van der Waals surface area contributed by atoms with Gasteiger partial charge in [-0.05, 0) is 31.2 Å². The summed E-state index contributed by atoms with van der Waals surface area (Å²) < 4.78 is 61.1. The number of amides is 1. The highest BCUT2D eigenvalue weighted by Gasteiger charge is 2.20. The van der Waals surface area contributed by atoms with E-state index in [1.54, 1.807) is 23.0 Å². The second kappa shape index (κ2) is 11.4.